The molecule has 0 unspecified atom stereocenters. The molecular formula is C25H26N2O4. The van der Waals surface area contributed by atoms with E-state index < -0.39 is 0 Å². The van der Waals surface area contributed by atoms with Gasteiger partial charge in [0.2, 0.25) is 0 Å². The quantitative estimate of drug-likeness (QED) is 0.373. The van der Waals surface area contributed by atoms with Gasteiger partial charge in [-0.25, -0.2) is 0 Å². The van der Waals surface area contributed by atoms with E-state index >= 15 is 0 Å². The van der Waals surface area contributed by atoms with Crippen molar-refractivity contribution in [2.24, 2.45) is 5.16 Å². The minimum atomic E-state index is -0.279. The summed E-state index contributed by atoms with van der Waals surface area (Å²) in [5, 5.41) is 6.60. The van der Waals surface area contributed by atoms with Crippen LogP contribution in [-0.2, 0) is 16.2 Å². The SMILES string of the molecule is CCOc1cc(/C=N/OCC(=O)Nc2ccccc2)ccc1OCc1ccc(C)cc1. The molecule has 0 spiro atoms. The van der Waals surface area contributed by atoms with E-state index in [2.05, 4.69) is 29.5 Å². The first-order chi connectivity index (χ1) is 15.1. The highest BCUT2D eigenvalue weighted by Gasteiger charge is 2.07. The Labute approximate surface area is 182 Å². The number of hydrogen-bond acceptors (Lipinski definition) is 5. The number of amides is 1. The van der Waals surface area contributed by atoms with Crippen molar-refractivity contribution < 1.29 is 19.1 Å². The van der Waals surface area contributed by atoms with Crippen molar-refractivity contribution >= 4 is 17.8 Å². The largest absolute Gasteiger partial charge is 0.490 e. The lowest BCUT2D eigenvalue weighted by atomic mass is 10.2. The van der Waals surface area contributed by atoms with Crippen LogP contribution in [0, 0.1) is 6.92 Å². The number of rotatable bonds is 10. The molecule has 0 radical (unpaired) electrons. The maximum atomic E-state index is 11.9. The first kappa shape index (κ1) is 21.9. The molecule has 3 aromatic rings. The molecule has 31 heavy (non-hydrogen) atoms. The molecule has 0 aliphatic carbocycles. The number of carbonyl (C=O) groups is 1. The highest BCUT2D eigenvalue weighted by molar-refractivity contribution is 5.91. The van der Waals surface area contributed by atoms with Gasteiger partial charge in [0.1, 0.15) is 6.61 Å². The monoisotopic (exact) mass is 418 g/mol. The molecule has 3 rings (SSSR count). The number of para-hydroxylation sites is 1. The summed E-state index contributed by atoms with van der Waals surface area (Å²) in [6.07, 6.45) is 1.53. The van der Waals surface area contributed by atoms with Crippen LogP contribution >= 0.6 is 0 Å². The molecule has 0 aliphatic rings. The highest BCUT2D eigenvalue weighted by Crippen LogP contribution is 2.29. The van der Waals surface area contributed by atoms with Crippen molar-refractivity contribution in [2.45, 2.75) is 20.5 Å². The molecule has 0 fully saturated rings. The zero-order valence-electron chi connectivity index (χ0n) is 17.7. The first-order valence-corrected chi connectivity index (χ1v) is 10.1. The normalized spacial score (nSPS) is 10.6. The number of nitrogens with zero attached hydrogens (tertiary/aromatic N) is 1. The van der Waals surface area contributed by atoms with Gasteiger partial charge in [0.05, 0.1) is 12.8 Å². The Bertz CT molecular complexity index is 1000. The number of aryl methyl sites for hydroxylation is 1. The van der Waals surface area contributed by atoms with E-state index in [1.54, 1.807) is 12.1 Å². The zero-order valence-corrected chi connectivity index (χ0v) is 17.7. The molecular weight excluding hydrogens is 392 g/mol. The van der Waals surface area contributed by atoms with Gasteiger partial charge in [-0.05, 0) is 49.7 Å². The fourth-order valence-corrected chi connectivity index (χ4v) is 2.75. The average molecular weight is 418 g/mol. The molecule has 6 heteroatoms. The van der Waals surface area contributed by atoms with Crippen molar-refractivity contribution in [1.82, 2.24) is 0 Å². The van der Waals surface area contributed by atoms with Crippen LogP contribution in [0.15, 0.2) is 78.0 Å². The van der Waals surface area contributed by atoms with Crippen LogP contribution in [0.5, 0.6) is 11.5 Å². The van der Waals surface area contributed by atoms with Crippen LogP contribution in [-0.4, -0.2) is 25.3 Å². The van der Waals surface area contributed by atoms with E-state index in [0.717, 1.165) is 11.1 Å². The van der Waals surface area contributed by atoms with Crippen molar-refractivity contribution in [1.29, 1.82) is 0 Å². The summed E-state index contributed by atoms with van der Waals surface area (Å²) in [5.41, 5.74) is 3.78. The van der Waals surface area contributed by atoms with Crippen LogP contribution in [0.25, 0.3) is 0 Å². The second kappa shape index (κ2) is 11.4. The molecule has 0 saturated carbocycles. The van der Waals surface area contributed by atoms with Crippen LogP contribution < -0.4 is 14.8 Å². The van der Waals surface area contributed by atoms with Gasteiger partial charge in [0.15, 0.2) is 18.1 Å². The van der Waals surface area contributed by atoms with E-state index in [0.29, 0.717) is 30.4 Å². The van der Waals surface area contributed by atoms with Gasteiger partial charge in [-0.3, -0.25) is 4.79 Å². The van der Waals surface area contributed by atoms with Gasteiger partial charge >= 0.3 is 0 Å². The number of benzene rings is 3. The van der Waals surface area contributed by atoms with Gasteiger partial charge in [0.25, 0.3) is 5.91 Å². The molecule has 0 aromatic heterocycles. The topological polar surface area (TPSA) is 69.2 Å². The Kier molecular flexibility index (Phi) is 8.05. The maximum Gasteiger partial charge on any atom is 0.265 e. The van der Waals surface area contributed by atoms with Crippen LogP contribution in [0.4, 0.5) is 5.69 Å². The molecule has 3 aromatic carbocycles. The molecule has 160 valence electrons. The molecule has 0 heterocycles. The number of anilines is 1. The first-order valence-electron chi connectivity index (χ1n) is 10.1. The summed E-state index contributed by atoms with van der Waals surface area (Å²) >= 11 is 0. The number of ether oxygens (including phenoxy) is 2. The van der Waals surface area contributed by atoms with E-state index in [1.807, 2.05) is 55.5 Å². The van der Waals surface area contributed by atoms with E-state index in [4.69, 9.17) is 14.3 Å². The predicted molar refractivity (Wildman–Crippen MR) is 122 cm³/mol. The van der Waals surface area contributed by atoms with Crippen LogP contribution in [0.2, 0.25) is 0 Å². The third-order valence-corrected chi connectivity index (χ3v) is 4.31. The average Bonchev–Trinajstić information content (AvgIpc) is 2.78. The molecule has 0 aliphatic heterocycles. The molecule has 1 amide bonds. The molecule has 0 saturated heterocycles. The lowest BCUT2D eigenvalue weighted by Crippen LogP contribution is -2.16. The minimum Gasteiger partial charge on any atom is -0.490 e. The maximum absolute atomic E-state index is 11.9. The Hall–Kier alpha value is -3.80. The van der Waals surface area contributed by atoms with Gasteiger partial charge in [-0.2, -0.15) is 0 Å². The van der Waals surface area contributed by atoms with Crippen LogP contribution in [0.3, 0.4) is 0 Å². The van der Waals surface area contributed by atoms with Crippen molar-refractivity contribution in [2.75, 3.05) is 18.5 Å². The Balaban J connectivity index is 1.54. The summed E-state index contributed by atoms with van der Waals surface area (Å²) < 4.78 is 11.6. The molecule has 6 nitrogen and oxygen atoms in total. The summed E-state index contributed by atoms with van der Waals surface area (Å²) in [6, 6.07) is 22.9. The van der Waals surface area contributed by atoms with Crippen molar-refractivity contribution in [3.8, 4) is 11.5 Å². The second-order valence-electron chi connectivity index (χ2n) is 6.84. The van der Waals surface area contributed by atoms with E-state index in [9.17, 15) is 4.79 Å². The number of nitrogens with one attached hydrogen (secondary N) is 1. The second-order valence-corrected chi connectivity index (χ2v) is 6.84. The Morgan fingerprint density at radius 3 is 2.48 bits per heavy atom. The molecule has 0 atom stereocenters. The van der Waals surface area contributed by atoms with E-state index in [-0.39, 0.29) is 12.5 Å². The standard InChI is InChI=1S/C25H26N2O4/c1-3-29-24-15-21(13-14-23(24)30-17-20-11-9-19(2)10-12-20)16-26-31-18-25(28)27-22-7-5-4-6-8-22/h4-16H,3,17-18H2,1-2H3,(H,27,28)/b26-16+. The fraction of sp³-hybridized carbons (Fsp3) is 0.200. The lowest BCUT2D eigenvalue weighted by Gasteiger charge is -2.12. The summed E-state index contributed by atoms with van der Waals surface area (Å²) in [4.78, 5) is 17.0. The fourth-order valence-electron chi connectivity index (χ4n) is 2.75. The van der Waals surface area contributed by atoms with Crippen molar-refractivity contribution in [3.63, 3.8) is 0 Å². The summed E-state index contributed by atoms with van der Waals surface area (Å²) in [5.74, 6) is 1.00. The van der Waals surface area contributed by atoms with Crippen molar-refractivity contribution in [3.05, 3.63) is 89.5 Å². The zero-order chi connectivity index (χ0) is 21.9. The van der Waals surface area contributed by atoms with Gasteiger partial charge < -0.3 is 19.6 Å². The summed E-state index contributed by atoms with van der Waals surface area (Å²) in [7, 11) is 0. The lowest BCUT2D eigenvalue weighted by molar-refractivity contribution is -0.120. The third-order valence-electron chi connectivity index (χ3n) is 4.31. The van der Waals surface area contributed by atoms with Gasteiger partial charge in [-0.1, -0.05) is 53.2 Å². The number of hydrogen-bond donors (Lipinski definition) is 1. The van der Waals surface area contributed by atoms with E-state index in [1.165, 1.54) is 11.8 Å². The smallest absolute Gasteiger partial charge is 0.265 e. The highest BCUT2D eigenvalue weighted by atomic mass is 16.6. The Morgan fingerprint density at radius 2 is 1.74 bits per heavy atom. The minimum absolute atomic E-state index is 0.179. The third kappa shape index (κ3) is 7.19. The molecule has 0 bridgehead atoms. The predicted octanol–water partition coefficient (Wildman–Crippen LogP) is 4.96. The van der Waals surface area contributed by atoms with Gasteiger partial charge in [0, 0.05) is 11.3 Å². The Morgan fingerprint density at radius 1 is 0.968 bits per heavy atom. The number of oxime groups is 1. The number of carbonyl (C=O) groups excluding carboxylic acids is 1. The molecule has 1 N–H and O–H groups in total. The van der Waals surface area contributed by atoms with Crippen LogP contribution in [0.1, 0.15) is 23.6 Å². The summed E-state index contributed by atoms with van der Waals surface area (Å²) in [6.45, 7) is 4.75. The van der Waals surface area contributed by atoms with Gasteiger partial charge in [-0.15, -0.1) is 0 Å².